The summed E-state index contributed by atoms with van der Waals surface area (Å²) in [6, 6.07) is 0.324. The summed E-state index contributed by atoms with van der Waals surface area (Å²) in [5.74, 6) is 1.35. The molecule has 0 aromatic rings. The summed E-state index contributed by atoms with van der Waals surface area (Å²) in [5.41, 5.74) is 5.62. The molecule has 4 heteroatoms. The molecular formula is C14H26N2O2. The van der Waals surface area contributed by atoms with E-state index in [1.807, 2.05) is 25.7 Å². The highest BCUT2D eigenvalue weighted by Crippen LogP contribution is 2.36. The normalized spacial score (nSPS) is 32.9. The molecule has 0 spiro atoms. The Morgan fingerprint density at radius 3 is 2.61 bits per heavy atom. The maximum absolute atomic E-state index is 12.0. The van der Waals surface area contributed by atoms with Gasteiger partial charge in [-0.3, -0.25) is 0 Å². The molecule has 0 aromatic heterocycles. The number of amides is 1. The Bertz CT molecular complexity index is 311. The van der Waals surface area contributed by atoms with E-state index < -0.39 is 5.60 Å². The van der Waals surface area contributed by atoms with E-state index in [4.69, 9.17) is 10.5 Å². The number of hydrogen-bond acceptors (Lipinski definition) is 3. The number of carbonyl (C=O) groups excluding carboxylic acids is 1. The van der Waals surface area contributed by atoms with Crippen molar-refractivity contribution >= 4 is 6.09 Å². The second-order valence-electron chi connectivity index (χ2n) is 6.81. The molecular weight excluding hydrogens is 228 g/mol. The van der Waals surface area contributed by atoms with Crippen LogP contribution in [0.15, 0.2) is 0 Å². The van der Waals surface area contributed by atoms with Crippen molar-refractivity contribution in [2.24, 2.45) is 17.6 Å². The predicted molar refractivity (Wildman–Crippen MR) is 71.2 cm³/mol. The molecule has 1 amide bonds. The van der Waals surface area contributed by atoms with Crippen molar-refractivity contribution in [1.82, 2.24) is 4.90 Å². The Labute approximate surface area is 110 Å². The molecule has 1 aliphatic heterocycles. The van der Waals surface area contributed by atoms with Crippen LogP contribution in [0.1, 0.15) is 46.5 Å². The van der Waals surface area contributed by atoms with Gasteiger partial charge in [0.1, 0.15) is 5.60 Å². The molecule has 2 aliphatic rings. The van der Waals surface area contributed by atoms with Crippen molar-refractivity contribution in [1.29, 1.82) is 0 Å². The molecule has 0 radical (unpaired) electrons. The van der Waals surface area contributed by atoms with Gasteiger partial charge in [0, 0.05) is 19.1 Å². The zero-order valence-electron chi connectivity index (χ0n) is 11.8. The van der Waals surface area contributed by atoms with Crippen LogP contribution in [-0.2, 0) is 4.74 Å². The predicted octanol–water partition coefficient (Wildman–Crippen LogP) is 2.37. The molecule has 1 heterocycles. The molecule has 4 nitrogen and oxygen atoms in total. The summed E-state index contributed by atoms with van der Waals surface area (Å²) >= 11 is 0. The first-order valence-electron chi connectivity index (χ1n) is 7.08. The van der Waals surface area contributed by atoms with Crippen LogP contribution >= 0.6 is 0 Å². The zero-order valence-corrected chi connectivity index (χ0v) is 11.8. The summed E-state index contributed by atoms with van der Waals surface area (Å²) < 4.78 is 5.44. The van der Waals surface area contributed by atoms with Gasteiger partial charge in [0.25, 0.3) is 0 Å². The number of nitrogens with two attached hydrogens (primary N) is 1. The summed E-state index contributed by atoms with van der Waals surface area (Å²) in [5, 5.41) is 0. The van der Waals surface area contributed by atoms with Crippen LogP contribution in [0.5, 0.6) is 0 Å². The van der Waals surface area contributed by atoms with E-state index in [0.717, 1.165) is 38.3 Å². The lowest BCUT2D eigenvalue weighted by Crippen LogP contribution is -2.49. The van der Waals surface area contributed by atoms with Crippen molar-refractivity contribution < 1.29 is 9.53 Å². The number of carbonyl (C=O) groups is 1. The Balaban J connectivity index is 1.91. The van der Waals surface area contributed by atoms with Crippen LogP contribution in [0.3, 0.4) is 0 Å². The van der Waals surface area contributed by atoms with Gasteiger partial charge in [0.05, 0.1) is 0 Å². The minimum absolute atomic E-state index is 0.167. The standard InChI is InChI=1S/C14H26N2O2/c1-14(2,3)18-13(17)16-7-6-10-4-5-12(15)8-11(10)9-16/h10-12H,4-9,15H2,1-3H3. The van der Waals surface area contributed by atoms with Gasteiger partial charge in [-0.1, -0.05) is 0 Å². The van der Waals surface area contributed by atoms with Crippen LogP contribution in [0.4, 0.5) is 4.79 Å². The third-order valence-electron chi connectivity index (χ3n) is 4.06. The number of likely N-dealkylation sites (tertiary alicyclic amines) is 1. The molecule has 18 heavy (non-hydrogen) atoms. The molecule has 2 fully saturated rings. The topological polar surface area (TPSA) is 55.6 Å². The lowest BCUT2D eigenvalue weighted by Gasteiger charge is -2.43. The quantitative estimate of drug-likeness (QED) is 0.722. The second-order valence-corrected chi connectivity index (χ2v) is 6.81. The maximum atomic E-state index is 12.0. The average Bonchev–Trinajstić information content (AvgIpc) is 2.25. The molecule has 2 rings (SSSR count). The highest BCUT2D eigenvalue weighted by molar-refractivity contribution is 5.68. The molecule has 104 valence electrons. The fourth-order valence-electron chi connectivity index (χ4n) is 3.15. The molecule has 1 saturated heterocycles. The number of ether oxygens (including phenoxy) is 1. The van der Waals surface area contributed by atoms with Crippen molar-refractivity contribution in [3.05, 3.63) is 0 Å². The number of nitrogens with zero attached hydrogens (tertiary/aromatic N) is 1. The average molecular weight is 254 g/mol. The van der Waals surface area contributed by atoms with Gasteiger partial charge in [0.2, 0.25) is 0 Å². The summed E-state index contributed by atoms with van der Waals surface area (Å²) in [7, 11) is 0. The van der Waals surface area contributed by atoms with E-state index in [2.05, 4.69) is 0 Å². The molecule has 0 aromatic carbocycles. The maximum Gasteiger partial charge on any atom is 0.410 e. The molecule has 0 bridgehead atoms. The first-order valence-corrected chi connectivity index (χ1v) is 7.08. The number of fused-ring (bicyclic) bond motifs is 1. The highest BCUT2D eigenvalue weighted by Gasteiger charge is 2.36. The number of rotatable bonds is 0. The van der Waals surface area contributed by atoms with Gasteiger partial charge >= 0.3 is 6.09 Å². The summed E-state index contributed by atoms with van der Waals surface area (Å²) in [6.45, 7) is 7.40. The summed E-state index contributed by atoms with van der Waals surface area (Å²) in [4.78, 5) is 13.9. The minimum atomic E-state index is -0.406. The first kappa shape index (κ1) is 13.7. The molecule has 1 aliphatic carbocycles. The lowest BCUT2D eigenvalue weighted by molar-refractivity contribution is 0.00445. The Kier molecular flexibility index (Phi) is 3.85. The van der Waals surface area contributed by atoms with E-state index in [1.165, 1.54) is 6.42 Å². The van der Waals surface area contributed by atoms with Gasteiger partial charge in [-0.05, 0) is 58.3 Å². The van der Waals surface area contributed by atoms with Gasteiger partial charge in [-0.2, -0.15) is 0 Å². The minimum Gasteiger partial charge on any atom is -0.444 e. The van der Waals surface area contributed by atoms with Crippen molar-refractivity contribution in [3.8, 4) is 0 Å². The Morgan fingerprint density at radius 1 is 1.22 bits per heavy atom. The fourth-order valence-corrected chi connectivity index (χ4v) is 3.15. The van der Waals surface area contributed by atoms with Crippen molar-refractivity contribution in [2.45, 2.75) is 58.1 Å². The number of hydrogen-bond donors (Lipinski definition) is 1. The Morgan fingerprint density at radius 2 is 1.94 bits per heavy atom. The monoisotopic (exact) mass is 254 g/mol. The highest BCUT2D eigenvalue weighted by atomic mass is 16.6. The lowest BCUT2D eigenvalue weighted by atomic mass is 9.73. The smallest absolute Gasteiger partial charge is 0.410 e. The zero-order chi connectivity index (χ0) is 13.3. The van der Waals surface area contributed by atoms with Gasteiger partial charge in [-0.25, -0.2) is 4.79 Å². The number of piperidine rings is 1. The third-order valence-corrected chi connectivity index (χ3v) is 4.06. The van der Waals surface area contributed by atoms with Gasteiger partial charge in [-0.15, -0.1) is 0 Å². The molecule has 1 saturated carbocycles. The fraction of sp³-hybridized carbons (Fsp3) is 0.929. The van der Waals surface area contributed by atoms with E-state index in [1.54, 1.807) is 0 Å². The van der Waals surface area contributed by atoms with Crippen LogP contribution in [-0.4, -0.2) is 35.7 Å². The molecule has 2 N–H and O–H groups in total. The Hall–Kier alpha value is -0.770. The largest absolute Gasteiger partial charge is 0.444 e. The first-order chi connectivity index (χ1) is 8.35. The van der Waals surface area contributed by atoms with Crippen LogP contribution in [0.25, 0.3) is 0 Å². The SMILES string of the molecule is CC(C)(C)OC(=O)N1CCC2CCC(N)CC2C1. The van der Waals surface area contributed by atoms with Crippen LogP contribution < -0.4 is 5.73 Å². The van der Waals surface area contributed by atoms with E-state index >= 15 is 0 Å². The second kappa shape index (κ2) is 5.08. The van der Waals surface area contributed by atoms with Crippen molar-refractivity contribution in [2.75, 3.05) is 13.1 Å². The molecule has 3 atom stereocenters. The summed E-state index contributed by atoms with van der Waals surface area (Å²) in [6.07, 6.45) is 4.38. The van der Waals surface area contributed by atoms with Crippen LogP contribution in [0, 0.1) is 11.8 Å². The van der Waals surface area contributed by atoms with Crippen LogP contribution in [0.2, 0.25) is 0 Å². The van der Waals surface area contributed by atoms with E-state index in [9.17, 15) is 4.79 Å². The van der Waals surface area contributed by atoms with E-state index in [0.29, 0.717) is 12.0 Å². The van der Waals surface area contributed by atoms with Crippen molar-refractivity contribution in [3.63, 3.8) is 0 Å². The third kappa shape index (κ3) is 3.37. The van der Waals surface area contributed by atoms with Gasteiger partial charge in [0.15, 0.2) is 0 Å². The molecule has 3 unspecified atom stereocenters. The van der Waals surface area contributed by atoms with E-state index in [-0.39, 0.29) is 6.09 Å². The van der Waals surface area contributed by atoms with Gasteiger partial charge < -0.3 is 15.4 Å².